The summed E-state index contributed by atoms with van der Waals surface area (Å²) < 4.78 is 0. The molecule has 0 spiro atoms. The number of rotatable bonds is 7. The summed E-state index contributed by atoms with van der Waals surface area (Å²) in [5.41, 5.74) is 5.06. The Hall–Kier alpha value is -2.74. The average Bonchev–Trinajstić information content (AvgIpc) is 3.44. The summed E-state index contributed by atoms with van der Waals surface area (Å²) in [5.74, 6) is 0.792. The first-order valence-corrected chi connectivity index (χ1v) is 13.0. The molecule has 2 aromatic rings. The largest absolute Gasteiger partial charge is 0.354 e. The monoisotopic (exact) mass is 486 g/mol. The molecule has 8 heteroatoms. The Bertz CT molecular complexity index is 924. The van der Waals surface area contributed by atoms with Gasteiger partial charge in [0.1, 0.15) is 6.04 Å². The first-order chi connectivity index (χ1) is 16.4. The van der Waals surface area contributed by atoms with E-state index in [1.165, 1.54) is 17.7 Å². The molecule has 2 unspecified atom stereocenters. The van der Waals surface area contributed by atoms with Crippen LogP contribution in [0.3, 0.4) is 0 Å². The number of aromatic nitrogens is 1. The van der Waals surface area contributed by atoms with Gasteiger partial charge in [-0.25, -0.2) is 4.98 Å². The van der Waals surface area contributed by atoms with E-state index in [0.29, 0.717) is 19.1 Å². The van der Waals surface area contributed by atoms with Crippen LogP contribution in [-0.2, 0) is 20.9 Å². The highest BCUT2D eigenvalue weighted by Gasteiger charge is 2.29. The highest BCUT2D eigenvalue weighted by Crippen LogP contribution is 2.32. The van der Waals surface area contributed by atoms with Gasteiger partial charge in [0.15, 0.2) is 0 Å². The zero-order valence-electron chi connectivity index (χ0n) is 21.0. The molecule has 7 nitrogen and oxygen atoms in total. The van der Waals surface area contributed by atoms with Crippen LogP contribution in [0, 0.1) is 12.8 Å². The van der Waals surface area contributed by atoms with Crippen molar-refractivity contribution in [3.8, 4) is 10.4 Å². The maximum atomic E-state index is 12.2. The summed E-state index contributed by atoms with van der Waals surface area (Å²) in [6, 6.07) is 8.22. The van der Waals surface area contributed by atoms with Gasteiger partial charge in [0.05, 0.1) is 16.1 Å². The Morgan fingerprint density at radius 2 is 1.88 bits per heavy atom. The lowest BCUT2D eigenvalue weighted by Crippen LogP contribution is -2.42. The van der Waals surface area contributed by atoms with Crippen molar-refractivity contribution >= 4 is 29.6 Å². The van der Waals surface area contributed by atoms with Crippen LogP contribution in [0.1, 0.15) is 64.6 Å². The molecule has 1 saturated carbocycles. The first kappa shape index (κ1) is 27.5. The van der Waals surface area contributed by atoms with Gasteiger partial charge in [-0.3, -0.25) is 14.4 Å². The average molecular weight is 487 g/mol. The number of nitrogens with one attached hydrogen (secondary N) is 2. The number of likely N-dealkylation sites (tertiary alicyclic amines) is 1. The molecule has 1 aliphatic heterocycles. The fraction of sp³-hybridized carbons (Fsp3) is 0.538. The Balaban J connectivity index is 0.000000311. The van der Waals surface area contributed by atoms with Gasteiger partial charge in [-0.05, 0) is 56.6 Å². The third-order valence-corrected chi connectivity index (χ3v) is 6.90. The second-order valence-electron chi connectivity index (χ2n) is 8.51. The molecule has 0 bridgehead atoms. The van der Waals surface area contributed by atoms with Crippen LogP contribution in [0.4, 0.5) is 0 Å². The van der Waals surface area contributed by atoms with Gasteiger partial charge in [0, 0.05) is 26.1 Å². The van der Waals surface area contributed by atoms with E-state index in [9.17, 15) is 14.4 Å². The van der Waals surface area contributed by atoms with Crippen LogP contribution < -0.4 is 10.6 Å². The Kier molecular flexibility index (Phi) is 11.2. The van der Waals surface area contributed by atoms with Crippen molar-refractivity contribution < 1.29 is 14.4 Å². The van der Waals surface area contributed by atoms with E-state index in [-0.39, 0.29) is 17.9 Å². The molecule has 1 aliphatic carbocycles. The number of nitrogens with zero attached hydrogens (tertiary/aromatic N) is 2. The van der Waals surface area contributed by atoms with E-state index in [1.807, 2.05) is 38.4 Å². The number of benzene rings is 1. The van der Waals surface area contributed by atoms with E-state index in [0.717, 1.165) is 42.0 Å². The van der Waals surface area contributed by atoms with E-state index >= 15 is 0 Å². The van der Waals surface area contributed by atoms with Gasteiger partial charge < -0.3 is 15.5 Å². The van der Waals surface area contributed by atoms with Crippen molar-refractivity contribution in [1.82, 2.24) is 20.5 Å². The van der Waals surface area contributed by atoms with Crippen LogP contribution in [0.5, 0.6) is 0 Å². The molecule has 4 rings (SSSR count). The molecule has 186 valence electrons. The van der Waals surface area contributed by atoms with Crippen molar-refractivity contribution in [2.75, 3.05) is 6.54 Å². The number of hydrogen-bond donors (Lipinski definition) is 2. The summed E-state index contributed by atoms with van der Waals surface area (Å²) in [6.07, 6.45) is 4.99. The molecule has 1 saturated heterocycles. The Labute approximate surface area is 207 Å². The van der Waals surface area contributed by atoms with Gasteiger partial charge >= 0.3 is 0 Å². The molecule has 0 radical (unpaired) electrons. The predicted molar refractivity (Wildman–Crippen MR) is 137 cm³/mol. The zero-order valence-corrected chi connectivity index (χ0v) is 21.8. The molecule has 1 aromatic carbocycles. The zero-order chi connectivity index (χ0) is 25.1. The molecule has 34 heavy (non-hydrogen) atoms. The van der Waals surface area contributed by atoms with Crippen molar-refractivity contribution in [2.45, 2.75) is 78.9 Å². The molecule has 1 aromatic heterocycles. The quantitative estimate of drug-likeness (QED) is 0.571. The molecular weight excluding hydrogens is 448 g/mol. The van der Waals surface area contributed by atoms with E-state index < -0.39 is 0 Å². The first-order valence-electron chi connectivity index (χ1n) is 12.1. The third-order valence-electron chi connectivity index (χ3n) is 5.92. The van der Waals surface area contributed by atoms with Crippen molar-refractivity contribution in [2.24, 2.45) is 5.92 Å². The van der Waals surface area contributed by atoms with Crippen molar-refractivity contribution in [3.63, 3.8) is 0 Å². The SMILES string of the molecule is CC.CC(=O)NC(C)C1CC1.Cc1ncsc1-c1ccc(CNC(=O)C2CCCN2C=O)cc1. The number of thiazole rings is 1. The van der Waals surface area contributed by atoms with Crippen LogP contribution in [-0.4, -0.2) is 46.7 Å². The Morgan fingerprint density at radius 3 is 2.41 bits per heavy atom. The fourth-order valence-corrected chi connectivity index (χ4v) is 4.70. The lowest BCUT2D eigenvalue weighted by atomic mass is 10.1. The van der Waals surface area contributed by atoms with Gasteiger partial charge in [0.2, 0.25) is 18.2 Å². The summed E-state index contributed by atoms with van der Waals surface area (Å²) in [4.78, 5) is 40.6. The number of carbonyl (C=O) groups excluding carboxylic acids is 3. The lowest BCUT2D eigenvalue weighted by Gasteiger charge is -2.19. The molecule has 2 N–H and O–H groups in total. The highest BCUT2D eigenvalue weighted by atomic mass is 32.1. The van der Waals surface area contributed by atoms with Crippen molar-refractivity contribution in [1.29, 1.82) is 0 Å². The minimum Gasteiger partial charge on any atom is -0.354 e. The molecule has 2 heterocycles. The Morgan fingerprint density at radius 1 is 1.21 bits per heavy atom. The summed E-state index contributed by atoms with van der Waals surface area (Å²) in [5, 5.41) is 5.79. The number of hydrogen-bond acceptors (Lipinski definition) is 5. The van der Waals surface area contributed by atoms with E-state index in [2.05, 4.69) is 34.7 Å². The van der Waals surface area contributed by atoms with Gasteiger partial charge in [0.25, 0.3) is 0 Å². The summed E-state index contributed by atoms with van der Waals surface area (Å²) >= 11 is 1.63. The number of aryl methyl sites for hydroxylation is 1. The van der Waals surface area contributed by atoms with Gasteiger partial charge in [-0.15, -0.1) is 11.3 Å². The van der Waals surface area contributed by atoms with Crippen LogP contribution in [0.25, 0.3) is 10.4 Å². The molecule has 2 aliphatic rings. The second-order valence-corrected chi connectivity index (χ2v) is 9.36. The fourth-order valence-electron chi connectivity index (χ4n) is 3.89. The molecule has 3 amide bonds. The summed E-state index contributed by atoms with van der Waals surface area (Å²) in [6.45, 7) is 10.8. The standard InChI is InChI=1S/C17H19N3O2S.C7H13NO.C2H6/c1-12-16(23-10-19-12)14-6-4-13(5-7-14)9-18-17(22)15-3-2-8-20(15)11-21;1-5(7-3-4-7)8-6(2)9;1-2/h4-7,10-11,15H,2-3,8-9H2,1H3,(H,18,22);5,7H,3-4H2,1-2H3,(H,8,9);1-2H3. The maximum Gasteiger partial charge on any atom is 0.243 e. The van der Waals surface area contributed by atoms with E-state index in [1.54, 1.807) is 23.2 Å². The minimum atomic E-state index is -0.313. The molecule has 2 atom stereocenters. The van der Waals surface area contributed by atoms with Gasteiger partial charge in [-0.2, -0.15) is 0 Å². The maximum absolute atomic E-state index is 12.2. The smallest absolute Gasteiger partial charge is 0.243 e. The predicted octanol–water partition coefficient (Wildman–Crippen LogP) is 4.30. The van der Waals surface area contributed by atoms with Gasteiger partial charge in [-0.1, -0.05) is 38.1 Å². The summed E-state index contributed by atoms with van der Waals surface area (Å²) in [7, 11) is 0. The number of amides is 3. The topological polar surface area (TPSA) is 91.4 Å². The number of carbonyl (C=O) groups is 3. The molecule has 2 fully saturated rings. The lowest BCUT2D eigenvalue weighted by molar-refractivity contribution is -0.131. The van der Waals surface area contributed by atoms with Crippen LogP contribution in [0.2, 0.25) is 0 Å². The highest BCUT2D eigenvalue weighted by molar-refractivity contribution is 7.13. The second kappa shape index (κ2) is 13.8. The molecular formula is C26H38N4O3S. The minimum absolute atomic E-state index is 0.0722. The normalized spacial score (nSPS) is 17.4. The van der Waals surface area contributed by atoms with Crippen LogP contribution in [0.15, 0.2) is 29.8 Å². The van der Waals surface area contributed by atoms with E-state index in [4.69, 9.17) is 0 Å². The van der Waals surface area contributed by atoms with Crippen molar-refractivity contribution in [3.05, 3.63) is 41.0 Å². The van der Waals surface area contributed by atoms with Crippen LogP contribution >= 0.6 is 11.3 Å². The third kappa shape index (κ3) is 8.24.